The summed E-state index contributed by atoms with van der Waals surface area (Å²) in [4.78, 5) is 24.5. The maximum Gasteiger partial charge on any atom is 0.335 e. The fourth-order valence-electron chi connectivity index (χ4n) is 2.33. The number of carbonyl (C=O) groups is 2. The highest BCUT2D eigenvalue weighted by molar-refractivity contribution is 5.96. The van der Waals surface area contributed by atoms with E-state index in [1.807, 2.05) is 31.2 Å². The molecule has 0 spiro atoms. The zero-order valence-corrected chi connectivity index (χ0v) is 14.2. The zero-order chi connectivity index (χ0) is 18.4. The van der Waals surface area contributed by atoms with Crippen molar-refractivity contribution in [1.82, 2.24) is 4.90 Å². The Bertz CT molecular complexity index is 776. The van der Waals surface area contributed by atoms with Gasteiger partial charge in [-0.2, -0.15) is 0 Å². The number of carbonyl (C=O) groups excluding carboxylic acids is 1. The monoisotopic (exact) mass is 345 g/mol. The molecule has 0 aromatic heterocycles. The number of benzene rings is 2. The van der Waals surface area contributed by atoms with Gasteiger partial charge in [0.05, 0.1) is 17.7 Å². The lowest BCUT2D eigenvalue weighted by molar-refractivity contribution is 0.0693. The largest absolute Gasteiger partial charge is 0.493 e. The Morgan fingerprint density at radius 1 is 1.20 bits per heavy atom. The molecule has 5 nitrogen and oxygen atoms in total. The standard InChI is InChI=1S/C19H20FNO4/c1-13-6-3-4-7-17(13)25-11-5-10-21(2)18(22)15-9-8-14(19(23)24)12-16(15)20/h3-4,6-9,12H,5,10-11H2,1-2H3,(H,23,24). The maximum absolute atomic E-state index is 13.9. The Morgan fingerprint density at radius 3 is 2.56 bits per heavy atom. The summed E-state index contributed by atoms with van der Waals surface area (Å²) in [5.74, 6) is -1.77. The van der Waals surface area contributed by atoms with Crippen LogP contribution in [-0.4, -0.2) is 42.1 Å². The molecule has 1 N–H and O–H groups in total. The molecule has 2 aromatic rings. The molecule has 0 saturated heterocycles. The average molecular weight is 345 g/mol. The zero-order valence-electron chi connectivity index (χ0n) is 14.2. The van der Waals surface area contributed by atoms with Gasteiger partial charge in [-0.15, -0.1) is 0 Å². The van der Waals surface area contributed by atoms with Crippen molar-refractivity contribution in [3.63, 3.8) is 0 Å². The Kier molecular flexibility index (Phi) is 6.11. The molecule has 0 radical (unpaired) electrons. The van der Waals surface area contributed by atoms with Crippen molar-refractivity contribution in [1.29, 1.82) is 0 Å². The Balaban J connectivity index is 1.88. The minimum atomic E-state index is -1.24. The molecule has 0 saturated carbocycles. The summed E-state index contributed by atoms with van der Waals surface area (Å²) in [7, 11) is 1.57. The fraction of sp³-hybridized carbons (Fsp3) is 0.263. The van der Waals surface area contributed by atoms with E-state index in [9.17, 15) is 14.0 Å². The molecule has 0 fully saturated rings. The topological polar surface area (TPSA) is 66.8 Å². The van der Waals surface area contributed by atoms with Crippen molar-refractivity contribution in [2.45, 2.75) is 13.3 Å². The van der Waals surface area contributed by atoms with E-state index in [0.717, 1.165) is 17.4 Å². The van der Waals surface area contributed by atoms with Crippen LogP contribution in [-0.2, 0) is 0 Å². The van der Waals surface area contributed by atoms with E-state index >= 15 is 0 Å². The first-order chi connectivity index (χ1) is 11.9. The van der Waals surface area contributed by atoms with Crippen LogP contribution >= 0.6 is 0 Å². The first kappa shape index (κ1) is 18.4. The number of hydrogen-bond donors (Lipinski definition) is 1. The molecule has 0 aliphatic rings. The Morgan fingerprint density at radius 2 is 1.92 bits per heavy atom. The number of aryl methyl sites for hydroxylation is 1. The van der Waals surface area contributed by atoms with Gasteiger partial charge in [-0.1, -0.05) is 18.2 Å². The summed E-state index contributed by atoms with van der Waals surface area (Å²) in [6, 6.07) is 10.9. The van der Waals surface area contributed by atoms with Gasteiger partial charge in [-0.05, 0) is 43.2 Å². The third-order valence-corrected chi connectivity index (χ3v) is 3.78. The van der Waals surface area contributed by atoms with E-state index in [1.54, 1.807) is 7.05 Å². The van der Waals surface area contributed by atoms with Gasteiger partial charge < -0.3 is 14.7 Å². The van der Waals surface area contributed by atoms with Gasteiger partial charge in [0.15, 0.2) is 0 Å². The number of amides is 1. The fourth-order valence-corrected chi connectivity index (χ4v) is 2.33. The van der Waals surface area contributed by atoms with Crippen LogP contribution in [0.3, 0.4) is 0 Å². The minimum absolute atomic E-state index is 0.146. The van der Waals surface area contributed by atoms with Crippen LogP contribution in [0, 0.1) is 12.7 Å². The van der Waals surface area contributed by atoms with E-state index in [4.69, 9.17) is 9.84 Å². The first-order valence-corrected chi connectivity index (χ1v) is 7.87. The van der Waals surface area contributed by atoms with Crippen molar-refractivity contribution in [2.24, 2.45) is 0 Å². The molecule has 1 amide bonds. The lowest BCUT2D eigenvalue weighted by atomic mass is 10.1. The van der Waals surface area contributed by atoms with E-state index < -0.39 is 17.7 Å². The number of carboxylic acids is 1. The van der Waals surface area contributed by atoms with Crippen LogP contribution in [0.4, 0.5) is 4.39 Å². The van der Waals surface area contributed by atoms with E-state index in [2.05, 4.69) is 0 Å². The molecule has 132 valence electrons. The van der Waals surface area contributed by atoms with E-state index in [1.165, 1.54) is 17.0 Å². The van der Waals surface area contributed by atoms with Crippen LogP contribution < -0.4 is 4.74 Å². The van der Waals surface area contributed by atoms with Gasteiger partial charge in [0, 0.05) is 13.6 Å². The summed E-state index contributed by atoms with van der Waals surface area (Å²) >= 11 is 0. The second kappa shape index (κ2) is 8.28. The number of ether oxygens (including phenoxy) is 1. The third-order valence-electron chi connectivity index (χ3n) is 3.78. The summed E-state index contributed by atoms with van der Waals surface area (Å²) in [5.41, 5.74) is 0.697. The SMILES string of the molecule is Cc1ccccc1OCCCN(C)C(=O)c1ccc(C(=O)O)cc1F. The molecule has 25 heavy (non-hydrogen) atoms. The second-order valence-corrected chi connectivity index (χ2v) is 5.69. The smallest absolute Gasteiger partial charge is 0.335 e. The van der Waals surface area contributed by atoms with Crippen LogP contribution in [0.25, 0.3) is 0 Å². The number of nitrogens with zero attached hydrogens (tertiary/aromatic N) is 1. The van der Waals surface area contributed by atoms with Crippen molar-refractivity contribution in [3.8, 4) is 5.75 Å². The number of para-hydroxylation sites is 1. The van der Waals surface area contributed by atoms with Gasteiger partial charge in [0.1, 0.15) is 11.6 Å². The van der Waals surface area contributed by atoms with Crippen molar-refractivity contribution in [2.75, 3.05) is 20.2 Å². The summed E-state index contributed by atoms with van der Waals surface area (Å²) in [5, 5.41) is 8.83. The predicted molar refractivity (Wildman–Crippen MR) is 91.6 cm³/mol. The molecule has 0 atom stereocenters. The minimum Gasteiger partial charge on any atom is -0.493 e. The van der Waals surface area contributed by atoms with Gasteiger partial charge in [0.25, 0.3) is 5.91 Å². The number of carboxylic acid groups (broad SMARTS) is 1. The van der Waals surface area contributed by atoms with Gasteiger partial charge >= 0.3 is 5.97 Å². The summed E-state index contributed by atoms with van der Waals surface area (Å²) in [6.45, 7) is 2.78. The average Bonchev–Trinajstić information content (AvgIpc) is 2.59. The quantitative estimate of drug-likeness (QED) is 0.781. The molecule has 0 aliphatic heterocycles. The number of rotatable bonds is 7. The molecule has 2 aromatic carbocycles. The predicted octanol–water partition coefficient (Wildman–Crippen LogP) is 3.37. The number of hydrogen-bond acceptors (Lipinski definition) is 3. The van der Waals surface area contributed by atoms with Crippen molar-refractivity contribution < 1.29 is 23.8 Å². The van der Waals surface area contributed by atoms with Crippen LogP contribution in [0.1, 0.15) is 32.7 Å². The first-order valence-electron chi connectivity index (χ1n) is 7.87. The molecular formula is C19H20FNO4. The van der Waals surface area contributed by atoms with Crippen molar-refractivity contribution >= 4 is 11.9 Å². The van der Waals surface area contributed by atoms with Gasteiger partial charge in [-0.3, -0.25) is 4.79 Å². The highest BCUT2D eigenvalue weighted by Gasteiger charge is 2.17. The summed E-state index contributed by atoms with van der Waals surface area (Å²) < 4.78 is 19.6. The van der Waals surface area contributed by atoms with E-state index in [-0.39, 0.29) is 11.1 Å². The third kappa shape index (κ3) is 4.79. The van der Waals surface area contributed by atoms with E-state index in [0.29, 0.717) is 19.6 Å². The maximum atomic E-state index is 13.9. The number of aromatic carboxylic acids is 1. The summed E-state index contributed by atoms with van der Waals surface area (Å²) in [6.07, 6.45) is 0.589. The molecule has 0 bridgehead atoms. The van der Waals surface area contributed by atoms with Crippen LogP contribution in [0.15, 0.2) is 42.5 Å². The highest BCUT2D eigenvalue weighted by Crippen LogP contribution is 2.16. The molecule has 0 heterocycles. The van der Waals surface area contributed by atoms with Crippen molar-refractivity contribution in [3.05, 3.63) is 65.0 Å². The van der Waals surface area contributed by atoms with Gasteiger partial charge in [0.2, 0.25) is 0 Å². The van der Waals surface area contributed by atoms with Gasteiger partial charge in [-0.25, -0.2) is 9.18 Å². The molecule has 0 unspecified atom stereocenters. The second-order valence-electron chi connectivity index (χ2n) is 5.69. The lowest BCUT2D eigenvalue weighted by Crippen LogP contribution is -2.29. The molecular weight excluding hydrogens is 325 g/mol. The Hall–Kier alpha value is -2.89. The number of halogens is 1. The highest BCUT2D eigenvalue weighted by atomic mass is 19.1. The lowest BCUT2D eigenvalue weighted by Gasteiger charge is -2.18. The molecule has 2 rings (SSSR count). The molecule has 0 aliphatic carbocycles. The Labute approximate surface area is 145 Å². The molecule has 6 heteroatoms. The van der Waals surface area contributed by atoms with Crippen LogP contribution in [0.5, 0.6) is 5.75 Å². The van der Waals surface area contributed by atoms with Crippen LogP contribution in [0.2, 0.25) is 0 Å². The normalized spacial score (nSPS) is 10.4.